The zero-order valence-corrected chi connectivity index (χ0v) is 19.1. The fourth-order valence-electron chi connectivity index (χ4n) is 4.87. The van der Waals surface area contributed by atoms with Crippen LogP contribution in [0.3, 0.4) is 0 Å². The first-order chi connectivity index (χ1) is 12.2. The summed E-state index contributed by atoms with van der Waals surface area (Å²) in [5, 5.41) is 0. The van der Waals surface area contributed by atoms with Gasteiger partial charge in [0.05, 0.1) is 19.4 Å². The van der Waals surface area contributed by atoms with Crippen LogP contribution in [0, 0.1) is 5.41 Å². The lowest BCUT2D eigenvalue weighted by Gasteiger charge is -2.49. The molecule has 1 fully saturated rings. The molecule has 27 heavy (non-hydrogen) atoms. The number of hydrogen-bond acceptors (Lipinski definition) is 4. The van der Waals surface area contributed by atoms with Crippen LogP contribution in [-0.2, 0) is 11.3 Å². The van der Waals surface area contributed by atoms with Crippen LogP contribution in [-0.4, -0.2) is 30.8 Å². The van der Waals surface area contributed by atoms with Gasteiger partial charge in [-0.3, -0.25) is 4.98 Å². The predicted octanol–water partition coefficient (Wildman–Crippen LogP) is 6.01. The minimum Gasteiger partial charge on any atom is -0.493 e. The van der Waals surface area contributed by atoms with Crippen molar-refractivity contribution in [2.24, 2.45) is 5.41 Å². The first kappa shape index (κ1) is 24.0. The Morgan fingerprint density at radius 2 is 1.70 bits per heavy atom. The summed E-state index contributed by atoms with van der Waals surface area (Å²) < 4.78 is 11.2. The molecule has 1 aromatic rings. The Morgan fingerprint density at radius 3 is 2.22 bits per heavy atom. The van der Waals surface area contributed by atoms with Crippen LogP contribution in [0.4, 0.5) is 5.69 Å². The van der Waals surface area contributed by atoms with E-state index in [2.05, 4.69) is 50.6 Å². The van der Waals surface area contributed by atoms with Gasteiger partial charge in [-0.25, -0.2) is 0 Å². The summed E-state index contributed by atoms with van der Waals surface area (Å²) in [6.45, 7) is 12.2. The molecule has 0 aromatic carbocycles. The molecule has 1 aliphatic carbocycles. The Hall–Kier alpha value is -1.000. The van der Waals surface area contributed by atoms with E-state index >= 15 is 0 Å². The second kappa shape index (κ2) is 9.97. The molecular formula is C22H39ClN2O2. The van der Waals surface area contributed by atoms with Crippen molar-refractivity contribution in [3.8, 4) is 5.75 Å². The molecule has 1 saturated carbocycles. The second-order valence-electron chi connectivity index (χ2n) is 9.45. The van der Waals surface area contributed by atoms with Gasteiger partial charge >= 0.3 is 0 Å². The molecule has 0 N–H and O–H groups in total. The van der Waals surface area contributed by atoms with E-state index in [-0.39, 0.29) is 23.4 Å². The number of ether oxygens (including phenoxy) is 2. The number of aromatic nitrogens is 1. The van der Waals surface area contributed by atoms with E-state index in [1.807, 2.05) is 6.20 Å². The maximum atomic E-state index is 5.84. The molecule has 1 heterocycles. The minimum absolute atomic E-state index is 0. The van der Waals surface area contributed by atoms with Crippen LogP contribution in [0.15, 0.2) is 12.3 Å². The van der Waals surface area contributed by atoms with Crippen LogP contribution in [0.25, 0.3) is 0 Å². The molecule has 0 unspecified atom stereocenters. The lowest BCUT2D eigenvalue weighted by molar-refractivity contribution is 0.177. The molecule has 0 bridgehead atoms. The maximum absolute atomic E-state index is 5.84. The third kappa shape index (κ3) is 6.25. The molecule has 0 atom stereocenters. The summed E-state index contributed by atoms with van der Waals surface area (Å²) in [4.78, 5) is 7.14. The fraction of sp³-hybridized carbons (Fsp3) is 0.773. The highest BCUT2D eigenvalue weighted by Crippen LogP contribution is 2.43. The lowest BCUT2D eigenvalue weighted by atomic mass is 9.78. The quantitative estimate of drug-likeness (QED) is 0.563. The van der Waals surface area contributed by atoms with Crippen LogP contribution < -0.4 is 9.64 Å². The number of anilines is 1. The average molecular weight is 399 g/mol. The molecule has 1 aliphatic rings. The average Bonchev–Trinajstić information content (AvgIpc) is 2.54. The molecule has 0 aliphatic heterocycles. The fourth-order valence-corrected chi connectivity index (χ4v) is 4.87. The van der Waals surface area contributed by atoms with E-state index in [0.29, 0.717) is 12.6 Å². The monoisotopic (exact) mass is 398 g/mol. The van der Waals surface area contributed by atoms with Gasteiger partial charge in [0.25, 0.3) is 0 Å². The Kier molecular flexibility index (Phi) is 8.88. The number of nitrogens with zero attached hydrogens (tertiary/aromatic N) is 2. The minimum atomic E-state index is 0. The van der Waals surface area contributed by atoms with E-state index in [1.165, 1.54) is 32.1 Å². The van der Waals surface area contributed by atoms with Crippen LogP contribution in [0.5, 0.6) is 5.75 Å². The molecule has 5 heteroatoms. The van der Waals surface area contributed by atoms with Crippen LogP contribution >= 0.6 is 12.4 Å². The largest absolute Gasteiger partial charge is 0.493 e. The first-order valence-electron chi connectivity index (χ1n) is 10.00. The molecule has 1 aromatic heterocycles. The predicted molar refractivity (Wildman–Crippen MR) is 116 cm³/mol. The zero-order valence-electron chi connectivity index (χ0n) is 18.3. The topological polar surface area (TPSA) is 34.6 Å². The number of halogens is 1. The molecular weight excluding hydrogens is 360 g/mol. The van der Waals surface area contributed by atoms with Crippen molar-refractivity contribution in [3.63, 3.8) is 0 Å². The highest BCUT2D eigenvalue weighted by atomic mass is 35.5. The number of pyridine rings is 1. The van der Waals surface area contributed by atoms with Crippen molar-refractivity contribution in [3.05, 3.63) is 18.0 Å². The van der Waals surface area contributed by atoms with Gasteiger partial charge in [-0.1, -0.05) is 40.0 Å². The van der Waals surface area contributed by atoms with Crippen molar-refractivity contribution in [1.29, 1.82) is 0 Å². The van der Waals surface area contributed by atoms with Gasteiger partial charge in [-0.05, 0) is 44.6 Å². The number of methoxy groups -OCH3 is 2. The van der Waals surface area contributed by atoms with E-state index in [9.17, 15) is 0 Å². The molecule has 0 spiro atoms. The van der Waals surface area contributed by atoms with E-state index in [1.54, 1.807) is 14.2 Å². The first-order valence-corrected chi connectivity index (χ1v) is 10.00. The Morgan fingerprint density at radius 1 is 1.07 bits per heavy atom. The summed E-state index contributed by atoms with van der Waals surface area (Å²) in [5.74, 6) is 0.863. The van der Waals surface area contributed by atoms with Crippen molar-refractivity contribution in [2.75, 3.05) is 19.1 Å². The third-order valence-corrected chi connectivity index (χ3v) is 5.26. The highest BCUT2D eigenvalue weighted by molar-refractivity contribution is 5.85. The summed E-state index contributed by atoms with van der Waals surface area (Å²) in [6, 6.07) is 2.67. The van der Waals surface area contributed by atoms with Crippen molar-refractivity contribution in [2.45, 2.75) is 91.3 Å². The number of hydrogen-bond donors (Lipinski definition) is 0. The molecule has 156 valence electrons. The van der Waals surface area contributed by atoms with Crippen molar-refractivity contribution >= 4 is 18.1 Å². The van der Waals surface area contributed by atoms with E-state index in [4.69, 9.17) is 9.47 Å². The SMILES string of the molecule is COCc1nccc(N(C2CCCCC2)C(C)(C)CC(C)(C)C)c1OC.Cl. The third-order valence-electron chi connectivity index (χ3n) is 5.26. The molecule has 0 radical (unpaired) electrons. The van der Waals surface area contributed by atoms with Gasteiger partial charge in [0.1, 0.15) is 5.69 Å². The van der Waals surface area contributed by atoms with E-state index < -0.39 is 0 Å². The van der Waals surface area contributed by atoms with Gasteiger partial charge in [0, 0.05) is 24.9 Å². The van der Waals surface area contributed by atoms with Crippen LogP contribution in [0.1, 0.15) is 78.8 Å². The van der Waals surface area contributed by atoms with Crippen molar-refractivity contribution in [1.82, 2.24) is 4.98 Å². The Balaban J connectivity index is 0.00000364. The lowest BCUT2D eigenvalue weighted by Crippen LogP contribution is -2.52. The van der Waals surface area contributed by atoms with E-state index in [0.717, 1.165) is 23.6 Å². The highest BCUT2D eigenvalue weighted by Gasteiger charge is 2.38. The Labute approximate surface area is 172 Å². The zero-order chi connectivity index (χ0) is 19.4. The molecule has 0 saturated heterocycles. The number of rotatable bonds is 7. The van der Waals surface area contributed by atoms with Crippen molar-refractivity contribution < 1.29 is 9.47 Å². The summed E-state index contributed by atoms with van der Waals surface area (Å²) in [5.41, 5.74) is 2.32. The smallest absolute Gasteiger partial charge is 0.166 e. The molecule has 0 amide bonds. The normalized spacial score (nSPS) is 16.0. The van der Waals surface area contributed by atoms with Gasteiger partial charge in [-0.2, -0.15) is 0 Å². The second-order valence-corrected chi connectivity index (χ2v) is 9.45. The van der Waals surface area contributed by atoms with Gasteiger partial charge < -0.3 is 14.4 Å². The van der Waals surface area contributed by atoms with Crippen LogP contribution in [0.2, 0.25) is 0 Å². The Bertz CT molecular complexity index is 578. The summed E-state index contributed by atoms with van der Waals surface area (Å²) >= 11 is 0. The summed E-state index contributed by atoms with van der Waals surface area (Å²) in [7, 11) is 3.45. The summed E-state index contributed by atoms with van der Waals surface area (Å²) in [6.07, 6.45) is 9.48. The maximum Gasteiger partial charge on any atom is 0.166 e. The standard InChI is InChI=1S/C22H38N2O2.ClH/c1-21(2,3)16-22(4,5)24(17-11-9-8-10-12-17)19-13-14-23-18(15-25-6)20(19)26-7;/h13-14,17H,8-12,15-16H2,1-7H3;1H. The van der Waals surface area contributed by atoms with Gasteiger partial charge in [0.15, 0.2) is 5.75 Å². The molecule has 2 rings (SSSR count). The van der Waals surface area contributed by atoms with Gasteiger partial charge in [-0.15, -0.1) is 12.4 Å². The van der Waals surface area contributed by atoms with Gasteiger partial charge in [0.2, 0.25) is 0 Å². The molecule has 4 nitrogen and oxygen atoms in total.